The molecule has 6 aromatic rings. The Balaban J connectivity index is 1.26. The number of hydrogen-bond acceptors (Lipinski definition) is 3. The third-order valence-electron chi connectivity index (χ3n) is 9.85. The van der Waals surface area contributed by atoms with Crippen LogP contribution in [0.4, 0.5) is 17.1 Å². The zero-order valence-electron chi connectivity index (χ0n) is 26.8. The van der Waals surface area contributed by atoms with Crippen LogP contribution in [0.15, 0.2) is 121 Å². The average Bonchev–Trinajstić information content (AvgIpc) is 3.27. The Labute approximate surface area is 272 Å². The van der Waals surface area contributed by atoms with E-state index in [1.165, 1.54) is 38.0 Å². The van der Waals surface area contributed by atoms with Crippen molar-refractivity contribution in [2.45, 2.75) is 36.5 Å². The Morgan fingerprint density at radius 3 is 2.00 bits per heavy atom. The van der Waals surface area contributed by atoms with E-state index in [-0.39, 0.29) is 22.6 Å². The molecule has 0 atom stereocenters. The first-order chi connectivity index (χ1) is 22.0. The van der Waals surface area contributed by atoms with Gasteiger partial charge in [0.1, 0.15) is 0 Å². The summed E-state index contributed by atoms with van der Waals surface area (Å²) in [5.74, 6) is 6.91. The summed E-state index contributed by atoms with van der Waals surface area (Å²) in [5.41, 5.74) is 7.96. The first-order valence-electron chi connectivity index (χ1n) is 15.9. The van der Waals surface area contributed by atoms with Crippen molar-refractivity contribution in [3.8, 4) is 0 Å². The van der Waals surface area contributed by atoms with Gasteiger partial charge in [-0.2, -0.15) is 0 Å². The van der Waals surface area contributed by atoms with Gasteiger partial charge in [-0.3, -0.25) is 9.59 Å². The number of ketones is 2. The quantitative estimate of drug-likeness (QED) is 0.108. The molecule has 46 heavy (non-hydrogen) atoms. The fraction of sp³-hybridized carbons (Fsp3) is 0.143. The molecule has 0 spiro atoms. The predicted octanol–water partition coefficient (Wildman–Crippen LogP) is 10.1. The van der Waals surface area contributed by atoms with Crippen LogP contribution in [0.2, 0.25) is 17.3 Å². The zero-order chi connectivity index (χ0) is 32.0. The summed E-state index contributed by atoms with van der Waals surface area (Å²) in [7, 11) is 0. The standard InChI is InChI=1S/C42H35GeNO2/c1-42(2)36-15-8-9-16-37(36)44(31-14-10-13-30(25-31)43(3,4)5)38-20-18-29-21-26(17-19-32(29)39(38)42)22-35-40(45)33-23-27-11-6-7-12-28(27)24-34(33)41(35)46/h6-25H,1-5H3. The molecule has 0 unspecified atom stereocenters. The minimum absolute atomic E-state index is 0.203. The Morgan fingerprint density at radius 1 is 0.630 bits per heavy atom. The van der Waals surface area contributed by atoms with Crippen LogP contribution in [0, 0.1) is 0 Å². The molecule has 0 saturated carbocycles. The monoisotopic (exact) mass is 659 g/mol. The molecule has 2 aliphatic rings. The zero-order valence-corrected chi connectivity index (χ0v) is 28.9. The van der Waals surface area contributed by atoms with E-state index in [2.05, 4.69) is 109 Å². The molecular formula is C42H35GeNO2. The molecule has 4 heteroatoms. The van der Waals surface area contributed by atoms with E-state index in [9.17, 15) is 9.59 Å². The molecule has 0 amide bonds. The number of nitrogens with zero attached hydrogens (tertiary/aromatic N) is 1. The molecule has 1 heterocycles. The maximum atomic E-state index is 13.5. The number of benzene rings is 6. The SMILES string of the molecule is CC1(C)c2ccccc2N(c2ccc[c]([Ge]([CH3])([CH3])[CH3])c2)c2ccc3cc(C=C4C(=O)c5cc6ccccc6cc5C4=O)ccc3c21. The van der Waals surface area contributed by atoms with Gasteiger partial charge in [0, 0.05) is 11.1 Å². The summed E-state index contributed by atoms with van der Waals surface area (Å²) in [4.78, 5) is 29.4. The Bertz CT molecular complexity index is 2270. The van der Waals surface area contributed by atoms with E-state index in [0.29, 0.717) is 11.1 Å². The molecule has 3 nitrogen and oxygen atoms in total. The third kappa shape index (κ3) is 4.33. The van der Waals surface area contributed by atoms with E-state index in [4.69, 9.17) is 0 Å². The van der Waals surface area contributed by atoms with Crippen LogP contribution in [0.25, 0.3) is 27.6 Å². The van der Waals surface area contributed by atoms with Gasteiger partial charge in [-0.15, -0.1) is 0 Å². The van der Waals surface area contributed by atoms with Crippen LogP contribution in [-0.2, 0) is 5.41 Å². The first-order valence-corrected chi connectivity index (χ1v) is 23.3. The van der Waals surface area contributed by atoms with E-state index in [0.717, 1.165) is 21.7 Å². The van der Waals surface area contributed by atoms with Crippen LogP contribution < -0.4 is 9.30 Å². The van der Waals surface area contributed by atoms with Gasteiger partial charge < -0.3 is 0 Å². The number of carbonyl (C=O) groups excluding carboxylic acids is 2. The van der Waals surface area contributed by atoms with Gasteiger partial charge in [0.2, 0.25) is 0 Å². The molecule has 8 rings (SSSR count). The van der Waals surface area contributed by atoms with Gasteiger partial charge in [0.05, 0.1) is 0 Å². The second-order valence-electron chi connectivity index (χ2n) is 14.2. The fourth-order valence-electron chi connectivity index (χ4n) is 7.43. The van der Waals surface area contributed by atoms with Crippen molar-refractivity contribution >= 4 is 73.9 Å². The topological polar surface area (TPSA) is 37.4 Å². The maximum absolute atomic E-state index is 13.5. The fourth-order valence-corrected chi connectivity index (χ4v) is 9.90. The minimum atomic E-state index is -2.07. The van der Waals surface area contributed by atoms with Crippen LogP contribution in [-0.4, -0.2) is 24.8 Å². The third-order valence-corrected chi connectivity index (χ3v) is 14.1. The molecular weight excluding hydrogens is 623 g/mol. The van der Waals surface area contributed by atoms with Gasteiger partial charge >= 0.3 is 194 Å². The summed E-state index contributed by atoms with van der Waals surface area (Å²) >= 11 is -2.07. The summed E-state index contributed by atoms with van der Waals surface area (Å²) in [6, 6.07) is 40.2. The number of rotatable bonds is 3. The summed E-state index contributed by atoms with van der Waals surface area (Å²) < 4.78 is 1.48. The van der Waals surface area contributed by atoms with Gasteiger partial charge in [-0.25, -0.2) is 0 Å². The number of carbonyl (C=O) groups is 2. The average molecular weight is 658 g/mol. The molecule has 1 aliphatic heterocycles. The normalized spacial score (nSPS) is 15.2. The Morgan fingerprint density at radius 2 is 1.30 bits per heavy atom. The van der Waals surface area contributed by atoms with Crippen molar-refractivity contribution in [2.75, 3.05) is 4.90 Å². The van der Waals surface area contributed by atoms with Gasteiger partial charge in [0.25, 0.3) is 0 Å². The van der Waals surface area contributed by atoms with Crippen molar-refractivity contribution in [1.29, 1.82) is 0 Å². The first kappa shape index (κ1) is 28.7. The van der Waals surface area contributed by atoms with Crippen LogP contribution >= 0.6 is 0 Å². The summed E-state index contributed by atoms with van der Waals surface area (Å²) in [6.45, 7) is 4.63. The number of allylic oxidation sites excluding steroid dienone is 1. The number of fused-ring (bicyclic) bond motifs is 6. The predicted molar refractivity (Wildman–Crippen MR) is 194 cm³/mol. The molecule has 0 bridgehead atoms. The molecule has 0 aromatic heterocycles. The summed E-state index contributed by atoms with van der Waals surface area (Å²) in [6.07, 6.45) is 1.77. The van der Waals surface area contributed by atoms with Crippen molar-refractivity contribution in [1.82, 2.24) is 0 Å². The van der Waals surface area contributed by atoms with Crippen molar-refractivity contribution in [3.63, 3.8) is 0 Å². The Hall–Kier alpha value is -4.74. The summed E-state index contributed by atoms with van der Waals surface area (Å²) in [5, 5.41) is 4.18. The second kappa shape index (κ2) is 10.1. The molecule has 0 saturated heterocycles. The van der Waals surface area contributed by atoms with E-state index < -0.39 is 13.3 Å². The molecule has 0 fully saturated rings. The molecule has 224 valence electrons. The van der Waals surface area contributed by atoms with Crippen LogP contribution in [0.5, 0.6) is 0 Å². The Kier molecular flexibility index (Phi) is 6.33. The van der Waals surface area contributed by atoms with Crippen molar-refractivity contribution < 1.29 is 9.59 Å². The van der Waals surface area contributed by atoms with Gasteiger partial charge in [-0.05, 0) is 22.9 Å². The van der Waals surface area contributed by atoms with Crippen LogP contribution in [0.1, 0.15) is 51.3 Å². The second-order valence-corrected chi connectivity index (χ2v) is 24.8. The number of hydrogen-bond donors (Lipinski definition) is 0. The number of Topliss-reactive ketones (excluding diaryl/α,β-unsaturated/α-hetero) is 2. The van der Waals surface area contributed by atoms with Crippen molar-refractivity contribution in [3.05, 3.63) is 149 Å². The van der Waals surface area contributed by atoms with Gasteiger partial charge in [-0.1, -0.05) is 24.3 Å². The molecule has 6 aromatic carbocycles. The van der Waals surface area contributed by atoms with Gasteiger partial charge in [0.15, 0.2) is 11.6 Å². The van der Waals surface area contributed by atoms with E-state index in [1.54, 1.807) is 6.08 Å². The van der Waals surface area contributed by atoms with Crippen molar-refractivity contribution in [2.24, 2.45) is 0 Å². The molecule has 1 aliphatic carbocycles. The van der Waals surface area contributed by atoms with Crippen LogP contribution in [0.3, 0.4) is 0 Å². The number of para-hydroxylation sites is 1. The molecule has 0 N–H and O–H groups in total. The number of anilines is 3. The molecule has 0 radical (unpaired) electrons. The van der Waals surface area contributed by atoms with E-state index >= 15 is 0 Å². The van der Waals surface area contributed by atoms with E-state index in [1.807, 2.05) is 42.5 Å².